The van der Waals surface area contributed by atoms with Gasteiger partial charge in [-0.3, -0.25) is 4.98 Å². The van der Waals surface area contributed by atoms with E-state index in [0.29, 0.717) is 5.95 Å². The second-order valence-electron chi connectivity index (χ2n) is 7.08. The maximum atomic E-state index is 4.84. The van der Waals surface area contributed by atoms with Crippen molar-refractivity contribution in [1.29, 1.82) is 0 Å². The molecule has 27 heavy (non-hydrogen) atoms. The van der Waals surface area contributed by atoms with Crippen LogP contribution in [0.5, 0.6) is 0 Å². The van der Waals surface area contributed by atoms with Crippen LogP contribution in [0.1, 0.15) is 38.4 Å². The summed E-state index contributed by atoms with van der Waals surface area (Å²) in [4.78, 5) is 11.6. The van der Waals surface area contributed by atoms with E-state index < -0.39 is 0 Å². The molecular weight excluding hydrogens is 336 g/mol. The Hall–Kier alpha value is -3.15. The Balaban J connectivity index is 1.72. The molecule has 138 valence electrons. The van der Waals surface area contributed by atoms with Gasteiger partial charge in [-0.05, 0) is 57.0 Å². The monoisotopic (exact) mass is 360 g/mol. The third-order valence-electron chi connectivity index (χ3n) is 4.66. The van der Waals surface area contributed by atoms with Crippen molar-refractivity contribution in [2.45, 2.75) is 32.7 Å². The van der Waals surface area contributed by atoms with Gasteiger partial charge in [0.15, 0.2) is 5.82 Å². The lowest BCUT2D eigenvalue weighted by Gasteiger charge is -2.24. The van der Waals surface area contributed by atoms with Crippen LogP contribution in [0, 0.1) is 0 Å². The highest BCUT2D eigenvalue weighted by Gasteiger charge is 2.29. The van der Waals surface area contributed by atoms with E-state index in [9.17, 15) is 0 Å². The SMILES string of the molecule is C=C(C=C(C)C)Nc1nc(N2CCCC2c2ccccn2)nn2cccc12. The zero-order chi connectivity index (χ0) is 18.8. The molecule has 0 saturated carbocycles. The number of hydrogen-bond donors (Lipinski definition) is 1. The number of aromatic nitrogens is 4. The number of allylic oxidation sites excluding steroid dienone is 2. The summed E-state index contributed by atoms with van der Waals surface area (Å²) < 4.78 is 1.87. The lowest BCUT2D eigenvalue weighted by molar-refractivity contribution is 0.670. The summed E-state index contributed by atoms with van der Waals surface area (Å²) in [6, 6.07) is 10.2. The molecule has 1 aliphatic heterocycles. The molecule has 0 spiro atoms. The van der Waals surface area contributed by atoms with Gasteiger partial charge in [-0.15, -0.1) is 5.10 Å². The first-order chi connectivity index (χ1) is 13.1. The van der Waals surface area contributed by atoms with Gasteiger partial charge in [-0.1, -0.05) is 18.2 Å². The first-order valence-corrected chi connectivity index (χ1v) is 9.25. The van der Waals surface area contributed by atoms with Crippen LogP contribution in [0.3, 0.4) is 0 Å². The van der Waals surface area contributed by atoms with Crippen LogP contribution in [-0.2, 0) is 0 Å². The van der Waals surface area contributed by atoms with Crippen LogP contribution in [0.25, 0.3) is 5.52 Å². The summed E-state index contributed by atoms with van der Waals surface area (Å²) in [5, 5.41) is 8.08. The highest BCUT2D eigenvalue weighted by atomic mass is 15.4. The number of fused-ring (bicyclic) bond motifs is 1. The highest BCUT2D eigenvalue weighted by molar-refractivity contribution is 5.71. The summed E-state index contributed by atoms with van der Waals surface area (Å²) in [7, 11) is 0. The van der Waals surface area contributed by atoms with Gasteiger partial charge in [-0.2, -0.15) is 4.98 Å². The summed E-state index contributed by atoms with van der Waals surface area (Å²) in [5.41, 5.74) is 3.98. The zero-order valence-corrected chi connectivity index (χ0v) is 15.8. The third kappa shape index (κ3) is 3.56. The van der Waals surface area contributed by atoms with E-state index in [-0.39, 0.29) is 6.04 Å². The molecule has 0 aromatic carbocycles. The van der Waals surface area contributed by atoms with Crippen LogP contribution < -0.4 is 10.2 Å². The summed E-state index contributed by atoms with van der Waals surface area (Å²) in [6.45, 7) is 9.11. The van der Waals surface area contributed by atoms with Crippen molar-refractivity contribution in [1.82, 2.24) is 19.6 Å². The number of rotatable bonds is 5. The molecular formula is C21H24N6. The van der Waals surface area contributed by atoms with E-state index in [4.69, 9.17) is 10.1 Å². The van der Waals surface area contributed by atoms with Gasteiger partial charge in [0.25, 0.3) is 0 Å². The molecule has 1 aliphatic rings. The number of pyridine rings is 1. The maximum absolute atomic E-state index is 4.84. The van der Waals surface area contributed by atoms with Crippen molar-refractivity contribution in [2.24, 2.45) is 0 Å². The van der Waals surface area contributed by atoms with Crippen molar-refractivity contribution >= 4 is 17.3 Å². The van der Waals surface area contributed by atoms with Crippen molar-refractivity contribution in [3.8, 4) is 0 Å². The summed E-state index contributed by atoms with van der Waals surface area (Å²) >= 11 is 0. The van der Waals surface area contributed by atoms with Crippen LogP contribution >= 0.6 is 0 Å². The quantitative estimate of drug-likeness (QED) is 0.685. The molecule has 4 heterocycles. The molecule has 4 rings (SSSR count). The molecule has 1 fully saturated rings. The molecule has 0 radical (unpaired) electrons. The van der Waals surface area contributed by atoms with Gasteiger partial charge in [-0.25, -0.2) is 4.52 Å². The molecule has 0 amide bonds. The van der Waals surface area contributed by atoms with Crippen molar-refractivity contribution in [3.05, 3.63) is 72.3 Å². The first kappa shape index (κ1) is 17.3. The average molecular weight is 360 g/mol. The smallest absolute Gasteiger partial charge is 0.246 e. The van der Waals surface area contributed by atoms with E-state index in [1.54, 1.807) is 0 Å². The standard InChI is InChI=1S/C21H24N6/c1-15(2)14-16(3)23-20-19-10-7-13-27(19)25-21(24-20)26-12-6-9-18(26)17-8-4-5-11-22-17/h4-5,7-8,10-11,13-14,18H,3,6,9,12H2,1-2H3,(H,23,24,25). The van der Waals surface area contributed by atoms with Crippen LogP contribution in [0.15, 0.2) is 66.7 Å². The van der Waals surface area contributed by atoms with Crippen LogP contribution in [0.4, 0.5) is 11.8 Å². The minimum atomic E-state index is 0.202. The Morgan fingerprint density at radius 2 is 2.15 bits per heavy atom. The molecule has 0 bridgehead atoms. The van der Waals surface area contributed by atoms with E-state index in [1.165, 1.54) is 5.57 Å². The van der Waals surface area contributed by atoms with Crippen molar-refractivity contribution in [2.75, 3.05) is 16.8 Å². The fourth-order valence-corrected chi connectivity index (χ4v) is 3.56. The minimum Gasteiger partial charge on any atom is -0.339 e. The topological polar surface area (TPSA) is 58.4 Å². The second-order valence-corrected chi connectivity index (χ2v) is 7.08. The lowest BCUT2D eigenvalue weighted by Crippen LogP contribution is -2.26. The number of nitrogens with zero attached hydrogens (tertiary/aromatic N) is 5. The first-order valence-electron chi connectivity index (χ1n) is 9.25. The third-order valence-corrected chi connectivity index (χ3v) is 4.66. The Morgan fingerprint density at radius 1 is 1.26 bits per heavy atom. The minimum absolute atomic E-state index is 0.202. The van der Waals surface area contributed by atoms with Gasteiger partial charge in [0, 0.05) is 24.6 Å². The molecule has 6 heteroatoms. The highest BCUT2D eigenvalue weighted by Crippen LogP contribution is 2.34. The van der Waals surface area contributed by atoms with E-state index in [1.807, 2.05) is 61.1 Å². The van der Waals surface area contributed by atoms with Crippen LogP contribution in [0.2, 0.25) is 0 Å². The Morgan fingerprint density at radius 3 is 2.93 bits per heavy atom. The summed E-state index contributed by atoms with van der Waals surface area (Å²) in [6.07, 6.45) is 7.95. The molecule has 1 saturated heterocycles. The lowest BCUT2D eigenvalue weighted by atomic mass is 10.1. The van der Waals surface area contributed by atoms with Gasteiger partial charge in [0.2, 0.25) is 5.95 Å². The molecule has 1 N–H and O–H groups in total. The molecule has 1 atom stereocenters. The van der Waals surface area contributed by atoms with Gasteiger partial charge in [0.1, 0.15) is 5.52 Å². The Kier molecular flexibility index (Phi) is 4.62. The number of nitrogens with one attached hydrogen (secondary N) is 1. The Bertz CT molecular complexity index is 984. The predicted octanol–water partition coefficient (Wildman–Crippen LogP) is 4.36. The largest absolute Gasteiger partial charge is 0.339 e. The van der Waals surface area contributed by atoms with E-state index >= 15 is 0 Å². The van der Waals surface area contributed by atoms with Gasteiger partial charge in [0.05, 0.1) is 11.7 Å². The second kappa shape index (κ2) is 7.23. The molecule has 3 aromatic heterocycles. The normalized spacial score (nSPS) is 16.5. The number of anilines is 2. The van der Waals surface area contributed by atoms with Gasteiger partial charge >= 0.3 is 0 Å². The van der Waals surface area contributed by atoms with Gasteiger partial charge < -0.3 is 10.2 Å². The number of hydrogen-bond acceptors (Lipinski definition) is 5. The van der Waals surface area contributed by atoms with Crippen LogP contribution in [-0.4, -0.2) is 26.1 Å². The predicted molar refractivity (Wildman–Crippen MR) is 109 cm³/mol. The fraction of sp³-hybridized carbons (Fsp3) is 0.286. The average Bonchev–Trinajstić information content (AvgIpc) is 3.31. The van der Waals surface area contributed by atoms with E-state index in [2.05, 4.69) is 27.8 Å². The van der Waals surface area contributed by atoms with E-state index in [0.717, 1.165) is 42.1 Å². The maximum Gasteiger partial charge on any atom is 0.246 e. The summed E-state index contributed by atoms with van der Waals surface area (Å²) in [5.74, 6) is 1.47. The molecule has 3 aromatic rings. The van der Waals surface area contributed by atoms with Crippen molar-refractivity contribution < 1.29 is 0 Å². The Labute approximate surface area is 159 Å². The molecule has 6 nitrogen and oxygen atoms in total. The molecule has 0 aliphatic carbocycles. The fourth-order valence-electron chi connectivity index (χ4n) is 3.56. The molecule has 1 unspecified atom stereocenters. The zero-order valence-electron chi connectivity index (χ0n) is 15.8. The van der Waals surface area contributed by atoms with Crippen molar-refractivity contribution in [3.63, 3.8) is 0 Å².